The lowest BCUT2D eigenvalue weighted by molar-refractivity contribution is 0.352. The molecule has 0 bridgehead atoms. The van der Waals surface area contributed by atoms with Crippen molar-refractivity contribution in [3.05, 3.63) is 12.3 Å². The van der Waals surface area contributed by atoms with E-state index in [1.54, 1.807) is 0 Å². The van der Waals surface area contributed by atoms with Gasteiger partial charge in [0.1, 0.15) is 0 Å². The van der Waals surface area contributed by atoms with Gasteiger partial charge in [-0.05, 0) is 6.58 Å². The fraction of sp³-hybridized carbons (Fsp3) is 0.600. The van der Waals surface area contributed by atoms with Gasteiger partial charge < -0.3 is 5.11 Å². The highest BCUT2D eigenvalue weighted by atomic mass is 16.3. The summed E-state index contributed by atoms with van der Waals surface area (Å²) in [6.07, 6.45) is 0. The zero-order chi connectivity index (χ0) is 5.15. The van der Waals surface area contributed by atoms with Crippen LogP contribution in [0.15, 0.2) is 5.76 Å². The van der Waals surface area contributed by atoms with Crippen LogP contribution in [0.25, 0.3) is 0 Å². The SMILES string of the molecule is [CH]=C(O)C(C)C. The number of hydrogen-bond donors (Lipinski definition) is 1. The van der Waals surface area contributed by atoms with E-state index in [1.165, 1.54) is 0 Å². The molecule has 0 aromatic heterocycles. The second kappa shape index (κ2) is 1.85. The van der Waals surface area contributed by atoms with E-state index in [0.717, 1.165) is 0 Å². The highest BCUT2D eigenvalue weighted by Gasteiger charge is 1.91. The second-order valence-corrected chi connectivity index (χ2v) is 1.58. The van der Waals surface area contributed by atoms with Gasteiger partial charge in [-0.15, -0.1) is 0 Å². The summed E-state index contributed by atoms with van der Waals surface area (Å²) < 4.78 is 0. The number of hydrogen-bond acceptors (Lipinski definition) is 1. The molecule has 0 heterocycles. The summed E-state index contributed by atoms with van der Waals surface area (Å²) in [4.78, 5) is 0. The van der Waals surface area contributed by atoms with Crippen molar-refractivity contribution in [2.45, 2.75) is 13.8 Å². The van der Waals surface area contributed by atoms with Crippen LogP contribution in [-0.4, -0.2) is 5.11 Å². The quantitative estimate of drug-likeness (QED) is 0.478. The Hall–Kier alpha value is -0.460. The maximum atomic E-state index is 8.32. The molecule has 1 radical (unpaired) electrons. The maximum Gasteiger partial charge on any atom is 0.0949 e. The average molecular weight is 85.1 g/mol. The van der Waals surface area contributed by atoms with Crippen LogP contribution in [0.1, 0.15) is 13.8 Å². The molecule has 0 aromatic rings. The van der Waals surface area contributed by atoms with Crippen LogP contribution in [-0.2, 0) is 0 Å². The molecule has 0 amide bonds. The van der Waals surface area contributed by atoms with Crippen LogP contribution >= 0.6 is 0 Å². The third-order valence-corrected chi connectivity index (χ3v) is 0.592. The van der Waals surface area contributed by atoms with Crippen molar-refractivity contribution in [2.24, 2.45) is 5.92 Å². The Morgan fingerprint density at radius 2 is 1.83 bits per heavy atom. The molecule has 1 N–H and O–H groups in total. The number of aliphatic hydroxyl groups is 1. The van der Waals surface area contributed by atoms with Crippen LogP contribution in [0, 0.1) is 12.5 Å². The first kappa shape index (κ1) is 5.54. The summed E-state index contributed by atoms with van der Waals surface area (Å²) >= 11 is 0. The first-order valence-corrected chi connectivity index (χ1v) is 1.96. The molecule has 0 spiro atoms. The number of rotatable bonds is 1. The van der Waals surface area contributed by atoms with Gasteiger partial charge in [0, 0.05) is 5.92 Å². The summed E-state index contributed by atoms with van der Waals surface area (Å²) in [6.45, 7) is 8.56. The summed E-state index contributed by atoms with van der Waals surface area (Å²) in [5.41, 5.74) is 0. The zero-order valence-corrected chi connectivity index (χ0v) is 4.10. The predicted molar refractivity (Wildman–Crippen MR) is 25.3 cm³/mol. The van der Waals surface area contributed by atoms with Crippen molar-refractivity contribution in [1.29, 1.82) is 0 Å². The number of allylic oxidation sites excluding steroid dienone is 1. The lowest BCUT2D eigenvalue weighted by Crippen LogP contribution is -1.87. The molecule has 0 saturated heterocycles. The fourth-order valence-electron chi connectivity index (χ4n) is 0. The molecule has 1 heteroatoms. The molecule has 0 atom stereocenters. The van der Waals surface area contributed by atoms with E-state index >= 15 is 0 Å². The predicted octanol–water partition coefficient (Wildman–Crippen LogP) is 1.52. The Labute approximate surface area is 38.3 Å². The van der Waals surface area contributed by atoms with Gasteiger partial charge >= 0.3 is 0 Å². The molecule has 0 saturated carbocycles. The molecule has 0 aliphatic carbocycles. The minimum absolute atomic E-state index is 0.00926. The molecule has 35 valence electrons. The molecule has 6 heavy (non-hydrogen) atoms. The van der Waals surface area contributed by atoms with E-state index < -0.39 is 0 Å². The Morgan fingerprint density at radius 3 is 1.83 bits per heavy atom. The van der Waals surface area contributed by atoms with Gasteiger partial charge in [0.25, 0.3) is 0 Å². The fourth-order valence-corrected chi connectivity index (χ4v) is 0. The summed E-state index contributed by atoms with van der Waals surface area (Å²) in [7, 11) is 0. The van der Waals surface area contributed by atoms with Crippen molar-refractivity contribution in [3.8, 4) is 0 Å². The van der Waals surface area contributed by atoms with Crippen molar-refractivity contribution in [3.63, 3.8) is 0 Å². The van der Waals surface area contributed by atoms with Gasteiger partial charge in [0.2, 0.25) is 0 Å². The molecule has 0 aromatic carbocycles. The highest BCUT2D eigenvalue weighted by molar-refractivity contribution is 4.78. The summed E-state index contributed by atoms with van der Waals surface area (Å²) in [5.74, 6) is 0.111. The second-order valence-electron chi connectivity index (χ2n) is 1.58. The molecule has 0 aliphatic heterocycles. The normalized spacial score (nSPS) is 9.17. The monoisotopic (exact) mass is 85.1 g/mol. The Balaban J connectivity index is 3.26. The van der Waals surface area contributed by atoms with Crippen LogP contribution in [0.3, 0.4) is 0 Å². The van der Waals surface area contributed by atoms with Crippen molar-refractivity contribution in [1.82, 2.24) is 0 Å². The van der Waals surface area contributed by atoms with Gasteiger partial charge in [0.15, 0.2) is 0 Å². The van der Waals surface area contributed by atoms with Gasteiger partial charge in [-0.1, -0.05) is 13.8 Å². The third kappa shape index (κ3) is 1.82. The van der Waals surface area contributed by atoms with E-state index in [-0.39, 0.29) is 11.7 Å². The third-order valence-electron chi connectivity index (χ3n) is 0.592. The first-order chi connectivity index (χ1) is 2.64. The van der Waals surface area contributed by atoms with E-state index in [2.05, 4.69) is 0 Å². The van der Waals surface area contributed by atoms with Crippen LogP contribution in [0.2, 0.25) is 0 Å². The largest absolute Gasteiger partial charge is 0.512 e. The zero-order valence-electron chi connectivity index (χ0n) is 4.10. The minimum atomic E-state index is 0.00926. The molecule has 0 unspecified atom stereocenters. The van der Waals surface area contributed by atoms with Crippen molar-refractivity contribution >= 4 is 0 Å². The molecule has 1 nitrogen and oxygen atoms in total. The van der Waals surface area contributed by atoms with Crippen molar-refractivity contribution < 1.29 is 5.11 Å². The van der Waals surface area contributed by atoms with E-state index in [1.807, 2.05) is 13.8 Å². The average Bonchev–Trinajstić information content (AvgIpc) is 1.36. The van der Waals surface area contributed by atoms with E-state index in [0.29, 0.717) is 0 Å². The van der Waals surface area contributed by atoms with Gasteiger partial charge in [0.05, 0.1) is 5.76 Å². The molecule has 0 fully saturated rings. The number of aliphatic hydroxyl groups excluding tert-OH is 1. The highest BCUT2D eigenvalue weighted by Crippen LogP contribution is 1.98. The first-order valence-electron chi connectivity index (χ1n) is 1.96. The lowest BCUT2D eigenvalue weighted by Gasteiger charge is -1.95. The van der Waals surface area contributed by atoms with Crippen LogP contribution < -0.4 is 0 Å². The molecule has 0 aliphatic rings. The van der Waals surface area contributed by atoms with Crippen LogP contribution in [0.4, 0.5) is 0 Å². The van der Waals surface area contributed by atoms with Gasteiger partial charge in [-0.2, -0.15) is 0 Å². The molecular formula is C5H9O. The van der Waals surface area contributed by atoms with Gasteiger partial charge in [-0.3, -0.25) is 0 Å². The topological polar surface area (TPSA) is 20.2 Å². The Bertz CT molecular complexity index is 55.0. The Morgan fingerprint density at radius 1 is 1.67 bits per heavy atom. The van der Waals surface area contributed by atoms with E-state index in [9.17, 15) is 0 Å². The maximum absolute atomic E-state index is 8.32. The summed E-state index contributed by atoms with van der Waals surface area (Å²) in [6, 6.07) is 0. The molecule has 0 rings (SSSR count). The summed E-state index contributed by atoms with van der Waals surface area (Å²) in [5, 5.41) is 8.32. The minimum Gasteiger partial charge on any atom is -0.512 e. The Kier molecular flexibility index (Phi) is 1.71. The smallest absolute Gasteiger partial charge is 0.0949 e. The van der Waals surface area contributed by atoms with E-state index in [4.69, 9.17) is 11.7 Å². The lowest BCUT2D eigenvalue weighted by atomic mass is 10.2. The van der Waals surface area contributed by atoms with Crippen LogP contribution in [0.5, 0.6) is 0 Å². The standard InChI is InChI=1S/C5H9O/c1-4(2)5(3)6/h3-4,6H,1-2H3. The van der Waals surface area contributed by atoms with Crippen molar-refractivity contribution in [2.75, 3.05) is 0 Å². The van der Waals surface area contributed by atoms with Gasteiger partial charge in [-0.25, -0.2) is 0 Å². The molecular weight excluding hydrogens is 76.1 g/mol.